The van der Waals surface area contributed by atoms with E-state index in [-0.39, 0.29) is 5.92 Å². The van der Waals surface area contributed by atoms with Crippen LogP contribution in [0.4, 0.5) is 0 Å². The molecule has 0 atom stereocenters. The summed E-state index contributed by atoms with van der Waals surface area (Å²) >= 11 is 0.750. The minimum absolute atomic E-state index is 0.343. The molecule has 0 aromatic heterocycles. The molecule has 0 amide bonds. The first-order chi connectivity index (χ1) is 4.06. The minimum atomic E-state index is -0.991. The Labute approximate surface area is 63.0 Å². The van der Waals surface area contributed by atoms with Gasteiger partial charge in [-0.05, 0) is 5.92 Å². The number of aliphatic carboxylic acids is 1. The molecule has 0 spiro atoms. The van der Waals surface area contributed by atoms with Crippen molar-refractivity contribution in [3.63, 3.8) is 0 Å². The molecule has 0 aromatic carbocycles. The Morgan fingerprint density at radius 1 is 1.44 bits per heavy atom. The van der Waals surface area contributed by atoms with Gasteiger partial charge in [-0.25, -0.2) is 0 Å². The summed E-state index contributed by atoms with van der Waals surface area (Å²) in [4.78, 5) is 9.59. The van der Waals surface area contributed by atoms with Crippen LogP contribution in [0.2, 0.25) is 11.6 Å². The monoisotopic (exact) mass is 144 g/mol. The molecule has 0 aliphatic rings. The topological polar surface area (TPSA) is 40.1 Å². The van der Waals surface area contributed by atoms with E-state index >= 15 is 0 Å². The summed E-state index contributed by atoms with van der Waals surface area (Å²) < 4.78 is 0. The molecule has 0 unspecified atom stereocenters. The van der Waals surface area contributed by atoms with Crippen molar-refractivity contribution < 1.29 is 9.90 Å². The second-order valence-corrected chi connectivity index (χ2v) is 3.21. The first kappa shape index (κ1) is 11.8. The number of rotatable bonds is 1. The molecule has 2 nitrogen and oxygen atoms in total. The summed E-state index contributed by atoms with van der Waals surface area (Å²) in [5, 5.41) is 9.59. The molecule has 52 valence electrons. The molecular formula is C6H13AlO2. The Morgan fingerprint density at radius 2 is 1.56 bits per heavy atom. The Hall–Kier alpha value is 0.00247. The maximum atomic E-state index is 9.59. The van der Waals surface area contributed by atoms with Crippen molar-refractivity contribution in [1.82, 2.24) is 0 Å². The molecule has 0 saturated heterocycles. The normalized spacial score (nSPS) is 7.22. The summed E-state index contributed by atoms with van der Waals surface area (Å²) in [6.45, 7) is 3.16. The molecule has 0 aliphatic carbocycles. The van der Waals surface area contributed by atoms with Crippen LogP contribution < -0.4 is 5.11 Å². The molecule has 0 radical (unpaired) electrons. The molecular weight excluding hydrogens is 131 g/mol. The fraction of sp³-hybridized carbons (Fsp3) is 0.833. The van der Waals surface area contributed by atoms with Crippen LogP contribution in [0.1, 0.15) is 13.8 Å². The van der Waals surface area contributed by atoms with Crippen LogP contribution in [0.15, 0.2) is 0 Å². The number of carboxylic acids is 1. The SMILES string of the molecule is CC(C)C(=O)[O-].[CH3][Al+][CH3]. The van der Waals surface area contributed by atoms with E-state index in [9.17, 15) is 9.90 Å². The van der Waals surface area contributed by atoms with E-state index in [2.05, 4.69) is 11.6 Å². The maximum absolute atomic E-state index is 9.59. The van der Waals surface area contributed by atoms with Gasteiger partial charge in [0.25, 0.3) is 0 Å². The van der Waals surface area contributed by atoms with Gasteiger partial charge in [-0.3, -0.25) is 0 Å². The second kappa shape index (κ2) is 8.00. The van der Waals surface area contributed by atoms with Crippen LogP contribution in [-0.2, 0) is 4.79 Å². The van der Waals surface area contributed by atoms with Gasteiger partial charge in [0.1, 0.15) is 0 Å². The van der Waals surface area contributed by atoms with Crippen molar-refractivity contribution in [3.8, 4) is 0 Å². The standard InChI is InChI=1S/C4H8O2.2CH3.Al/c1-3(2)4(5)6;;;/h3H,1-2H3,(H,5,6);2*1H3;/q;;;+1/p-1. The zero-order valence-electron chi connectivity index (χ0n) is 6.47. The van der Waals surface area contributed by atoms with Crippen LogP contribution in [-0.4, -0.2) is 21.2 Å². The van der Waals surface area contributed by atoms with Gasteiger partial charge in [-0.2, -0.15) is 0 Å². The van der Waals surface area contributed by atoms with Crippen molar-refractivity contribution >= 4 is 21.2 Å². The van der Waals surface area contributed by atoms with Crippen molar-refractivity contribution in [3.05, 3.63) is 0 Å². The predicted molar refractivity (Wildman–Crippen MR) is 37.3 cm³/mol. The average molecular weight is 144 g/mol. The quantitative estimate of drug-likeness (QED) is 0.492. The molecule has 3 heteroatoms. The number of hydrogen-bond donors (Lipinski definition) is 0. The molecule has 0 saturated carbocycles. The van der Waals surface area contributed by atoms with Crippen molar-refractivity contribution in [2.24, 2.45) is 5.92 Å². The summed E-state index contributed by atoms with van der Waals surface area (Å²) in [6.07, 6.45) is 0. The summed E-state index contributed by atoms with van der Waals surface area (Å²) in [7, 11) is 0. The zero-order chi connectivity index (χ0) is 7.86. The molecule has 0 heterocycles. The second-order valence-electron chi connectivity index (χ2n) is 2.05. The van der Waals surface area contributed by atoms with Crippen LogP contribution >= 0.6 is 0 Å². The zero-order valence-corrected chi connectivity index (χ0v) is 7.63. The van der Waals surface area contributed by atoms with Crippen LogP contribution in [0.25, 0.3) is 0 Å². The van der Waals surface area contributed by atoms with Crippen LogP contribution in [0.3, 0.4) is 0 Å². The van der Waals surface area contributed by atoms with Gasteiger partial charge in [0, 0.05) is 5.97 Å². The van der Waals surface area contributed by atoms with Crippen molar-refractivity contribution in [2.75, 3.05) is 0 Å². The van der Waals surface area contributed by atoms with Gasteiger partial charge in [-0.1, -0.05) is 13.8 Å². The van der Waals surface area contributed by atoms with E-state index in [1.807, 2.05) is 0 Å². The van der Waals surface area contributed by atoms with Crippen LogP contribution in [0, 0.1) is 5.92 Å². The van der Waals surface area contributed by atoms with E-state index in [1.54, 1.807) is 13.8 Å². The fourth-order valence-corrected chi connectivity index (χ4v) is 0. The summed E-state index contributed by atoms with van der Waals surface area (Å²) in [6, 6.07) is 0. The Morgan fingerprint density at radius 3 is 1.56 bits per heavy atom. The van der Waals surface area contributed by atoms with Gasteiger partial charge in [0.05, 0.1) is 0 Å². The third kappa shape index (κ3) is 18.0. The third-order valence-electron chi connectivity index (χ3n) is 0.471. The first-order valence-corrected chi connectivity index (χ1v) is 5.32. The molecule has 0 N–H and O–H groups in total. The van der Waals surface area contributed by atoms with Crippen molar-refractivity contribution in [2.45, 2.75) is 25.4 Å². The summed E-state index contributed by atoms with van der Waals surface area (Å²) in [5.74, 6) is 3.08. The van der Waals surface area contributed by atoms with E-state index in [0.29, 0.717) is 0 Å². The Balaban J connectivity index is 0. The van der Waals surface area contributed by atoms with Gasteiger partial charge in [0.2, 0.25) is 0 Å². The van der Waals surface area contributed by atoms with E-state index in [4.69, 9.17) is 0 Å². The molecule has 0 rings (SSSR count). The molecule has 0 bridgehead atoms. The summed E-state index contributed by atoms with van der Waals surface area (Å²) in [5.41, 5.74) is 0. The van der Waals surface area contributed by atoms with Gasteiger partial charge < -0.3 is 9.90 Å². The van der Waals surface area contributed by atoms with E-state index < -0.39 is 5.97 Å². The van der Waals surface area contributed by atoms with Gasteiger partial charge in [-0.15, -0.1) is 0 Å². The average Bonchev–Trinajstić information content (AvgIpc) is 1.68. The number of hydrogen-bond acceptors (Lipinski definition) is 2. The van der Waals surface area contributed by atoms with E-state index in [0.717, 1.165) is 15.2 Å². The fourth-order valence-electron chi connectivity index (χ4n) is 0. The molecule has 0 aliphatic heterocycles. The van der Waals surface area contributed by atoms with Gasteiger partial charge >= 0.3 is 26.8 Å². The van der Waals surface area contributed by atoms with Crippen LogP contribution in [0.5, 0.6) is 0 Å². The molecule has 9 heavy (non-hydrogen) atoms. The Bertz CT molecular complexity index is 71.5. The number of carbonyl (C=O) groups is 1. The molecule has 0 aromatic rings. The molecule has 0 fully saturated rings. The number of carbonyl (C=O) groups excluding carboxylic acids is 1. The first-order valence-electron chi connectivity index (χ1n) is 3.01. The van der Waals surface area contributed by atoms with Crippen molar-refractivity contribution in [1.29, 1.82) is 0 Å². The number of carboxylic acid groups (broad SMARTS) is 1. The third-order valence-corrected chi connectivity index (χ3v) is 0.471. The van der Waals surface area contributed by atoms with E-state index in [1.165, 1.54) is 0 Å². The van der Waals surface area contributed by atoms with Gasteiger partial charge in [0.15, 0.2) is 0 Å². The predicted octanol–water partition coefficient (Wildman–Crippen LogP) is 0.179. The Kier molecular flexibility index (Phi) is 10.5.